The number of nitro groups is 1. The number of rotatable bonds is 5. The van der Waals surface area contributed by atoms with Gasteiger partial charge in [-0.05, 0) is 39.7 Å². The van der Waals surface area contributed by atoms with E-state index in [1.54, 1.807) is 18.5 Å². The molecule has 0 fully saturated rings. The number of pyridine rings is 1. The summed E-state index contributed by atoms with van der Waals surface area (Å²) in [5.74, 6) is 0.475. The minimum Gasteiger partial charge on any atom is -0.492 e. The van der Waals surface area contributed by atoms with Gasteiger partial charge in [0.1, 0.15) is 5.75 Å². The number of hydrogen-bond acceptors (Lipinski definition) is 4. The van der Waals surface area contributed by atoms with Gasteiger partial charge in [0.15, 0.2) is 0 Å². The molecule has 5 nitrogen and oxygen atoms in total. The normalized spacial score (nSPS) is 10.2. The summed E-state index contributed by atoms with van der Waals surface area (Å²) >= 11 is 3.31. The van der Waals surface area contributed by atoms with Crippen LogP contribution < -0.4 is 4.74 Å². The predicted octanol–water partition coefficient (Wildman–Crippen LogP) is 3.37. The molecule has 2 rings (SSSR count). The van der Waals surface area contributed by atoms with Gasteiger partial charge in [-0.2, -0.15) is 0 Å². The quantitative estimate of drug-likeness (QED) is 0.625. The lowest BCUT2D eigenvalue weighted by Gasteiger charge is -2.07. The summed E-state index contributed by atoms with van der Waals surface area (Å²) in [5.41, 5.74) is 1.12. The van der Waals surface area contributed by atoms with Crippen molar-refractivity contribution in [3.8, 4) is 5.75 Å². The summed E-state index contributed by atoms with van der Waals surface area (Å²) in [6.07, 6.45) is 4.16. The van der Waals surface area contributed by atoms with Crippen LogP contribution in [0.25, 0.3) is 0 Å². The average molecular weight is 323 g/mol. The van der Waals surface area contributed by atoms with Crippen LogP contribution in [0.15, 0.2) is 47.2 Å². The number of benzene rings is 1. The first kappa shape index (κ1) is 13.5. The van der Waals surface area contributed by atoms with E-state index in [9.17, 15) is 10.1 Å². The van der Waals surface area contributed by atoms with Gasteiger partial charge in [-0.3, -0.25) is 15.1 Å². The molecule has 1 aromatic heterocycles. The third-order valence-corrected chi connectivity index (χ3v) is 3.18. The SMILES string of the molecule is O=[N+]([O-])c1ccc(Br)c(OCCc2ccncc2)c1. The predicted molar refractivity (Wildman–Crippen MR) is 74.2 cm³/mol. The standard InChI is InChI=1S/C13H11BrN2O3/c14-12-2-1-11(16(17)18)9-13(12)19-8-5-10-3-6-15-7-4-10/h1-4,6-7,9H,5,8H2. The molecule has 0 radical (unpaired) electrons. The Morgan fingerprint density at radius 1 is 1.26 bits per heavy atom. The summed E-state index contributed by atoms with van der Waals surface area (Å²) in [6, 6.07) is 8.27. The number of ether oxygens (including phenoxy) is 1. The van der Waals surface area contributed by atoms with Crippen molar-refractivity contribution in [3.05, 3.63) is 62.9 Å². The molecule has 0 bridgehead atoms. The Morgan fingerprint density at radius 2 is 2.00 bits per heavy atom. The smallest absolute Gasteiger partial charge is 0.273 e. The first-order chi connectivity index (χ1) is 9.16. The number of non-ortho nitro benzene ring substituents is 1. The highest BCUT2D eigenvalue weighted by Gasteiger charge is 2.10. The summed E-state index contributed by atoms with van der Waals surface area (Å²) in [7, 11) is 0. The summed E-state index contributed by atoms with van der Waals surface area (Å²) in [5, 5.41) is 10.7. The van der Waals surface area contributed by atoms with Gasteiger partial charge in [-0.15, -0.1) is 0 Å². The van der Waals surface area contributed by atoms with Crippen LogP contribution in [-0.4, -0.2) is 16.5 Å². The highest BCUT2D eigenvalue weighted by atomic mass is 79.9. The molecule has 6 heteroatoms. The van der Waals surface area contributed by atoms with Gasteiger partial charge < -0.3 is 4.74 Å². The first-order valence-corrected chi connectivity index (χ1v) is 6.42. The lowest BCUT2D eigenvalue weighted by atomic mass is 10.2. The molecule has 0 atom stereocenters. The fourth-order valence-electron chi connectivity index (χ4n) is 1.54. The minimum absolute atomic E-state index is 0.0158. The van der Waals surface area contributed by atoms with Gasteiger partial charge in [0.2, 0.25) is 0 Å². The van der Waals surface area contributed by atoms with Crippen molar-refractivity contribution in [3.63, 3.8) is 0 Å². The molecule has 0 N–H and O–H groups in total. The summed E-state index contributed by atoms with van der Waals surface area (Å²) in [6.45, 7) is 0.448. The van der Waals surface area contributed by atoms with Crippen molar-refractivity contribution in [1.82, 2.24) is 4.98 Å². The molecule has 0 unspecified atom stereocenters. The van der Waals surface area contributed by atoms with Crippen LogP contribution in [0, 0.1) is 10.1 Å². The molecule has 98 valence electrons. The second-order valence-electron chi connectivity index (χ2n) is 3.83. The zero-order chi connectivity index (χ0) is 13.7. The summed E-state index contributed by atoms with van der Waals surface area (Å²) in [4.78, 5) is 14.2. The molecule has 1 heterocycles. The number of halogens is 1. The molecule has 1 aromatic carbocycles. The molecule has 0 saturated heterocycles. The topological polar surface area (TPSA) is 65.3 Å². The van der Waals surface area contributed by atoms with Crippen molar-refractivity contribution in [1.29, 1.82) is 0 Å². The van der Waals surface area contributed by atoms with E-state index in [-0.39, 0.29) is 5.69 Å². The average Bonchev–Trinajstić information content (AvgIpc) is 2.42. The van der Waals surface area contributed by atoms with Crippen molar-refractivity contribution < 1.29 is 9.66 Å². The fraction of sp³-hybridized carbons (Fsp3) is 0.154. The molecular weight excluding hydrogens is 312 g/mol. The van der Waals surface area contributed by atoms with Gasteiger partial charge in [0.05, 0.1) is 22.1 Å². The molecule has 0 aliphatic heterocycles. The summed E-state index contributed by atoms with van der Waals surface area (Å²) < 4.78 is 6.26. The third-order valence-electron chi connectivity index (χ3n) is 2.52. The monoisotopic (exact) mass is 322 g/mol. The number of hydrogen-bond donors (Lipinski definition) is 0. The lowest BCUT2D eigenvalue weighted by molar-refractivity contribution is -0.385. The zero-order valence-corrected chi connectivity index (χ0v) is 11.5. The molecule has 0 spiro atoms. The zero-order valence-electron chi connectivity index (χ0n) is 9.95. The Labute approximate surface area is 118 Å². The van der Waals surface area contributed by atoms with E-state index in [0.717, 1.165) is 12.0 Å². The van der Waals surface area contributed by atoms with E-state index in [0.29, 0.717) is 16.8 Å². The highest BCUT2D eigenvalue weighted by Crippen LogP contribution is 2.29. The molecule has 0 aliphatic rings. The van der Waals surface area contributed by atoms with E-state index < -0.39 is 4.92 Å². The van der Waals surface area contributed by atoms with Crippen LogP contribution in [0.4, 0.5) is 5.69 Å². The van der Waals surface area contributed by atoms with Crippen molar-refractivity contribution in [2.45, 2.75) is 6.42 Å². The van der Waals surface area contributed by atoms with E-state index in [1.165, 1.54) is 12.1 Å². The van der Waals surface area contributed by atoms with Crippen molar-refractivity contribution in [2.75, 3.05) is 6.61 Å². The van der Waals surface area contributed by atoms with E-state index >= 15 is 0 Å². The van der Waals surface area contributed by atoms with Gasteiger partial charge in [0, 0.05) is 24.9 Å². The Balaban J connectivity index is 1.99. The van der Waals surface area contributed by atoms with Crippen molar-refractivity contribution >= 4 is 21.6 Å². The Kier molecular flexibility index (Phi) is 4.46. The van der Waals surface area contributed by atoms with Crippen LogP contribution in [0.5, 0.6) is 5.75 Å². The largest absolute Gasteiger partial charge is 0.492 e. The maximum absolute atomic E-state index is 10.7. The maximum atomic E-state index is 10.7. The molecule has 0 saturated carbocycles. The molecule has 19 heavy (non-hydrogen) atoms. The molecular formula is C13H11BrN2O3. The van der Waals surface area contributed by atoms with Crippen molar-refractivity contribution in [2.24, 2.45) is 0 Å². The van der Waals surface area contributed by atoms with E-state index in [4.69, 9.17) is 4.74 Å². The van der Waals surface area contributed by atoms with Gasteiger partial charge in [0.25, 0.3) is 5.69 Å². The fourth-order valence-corrected chi connectivity index (χ4v) is 1.91. The lowest BCUT2D eigenvalue weighted by Crippen LogP contribution is -2.02. The minimum atomic E-state index is -0.442. The number of nitro benzene ring substituents is 1. The van der Waals surface area contributed by atoms with Crippen LogP contribution in [0.1, 0.15) is 5.56 Å². The van der Waals surface area contributed by atoms with Gasteiger partial charge >= 0.3 is 0 Å². The van der Waals surface area contributed by atoms with Crippen LogP contribution in [0.2, 0.25) is 0 Å². The molecule has 0 amide bonds. The Bertz CT molecular complexity index is 575. The van der Waals surface area contributed by atoms with Gasteiger partial charge in [-0.1, -0.05) is 0 Å². The third kappa shape index (κ3) is 3.75. The second-order valence-corrected chi connectivity index (χ2v) is 4.68. The number of nitrogens with zero attached hydrogens (tertiary/aromatic N) is 2. The molecule has 2 aromatic rings. The van der Waals surface area contributed by atoms with Crippen LogP contribution >= 0.6 is 15.9 Å². The Morgan fingerprint density at radius 3 is 2.68 bits per heavy atom. The highest BCUT2D eigenvalue weighted by molar-refractivity contribution is 9.10. The van der Waals surface area contributed by atoms with Gasteiger partial charge in [-0.25, -0.2) is 0 Å². The maximum Gasteiger partial charge on any atom is 0.273 e. The molecule has 0 aliphatic carbocycles. The van der Waals surface area contributed by atoms with E-state index in [2.05, 4.69) is 20.9 Å². The van der Waals surface area contributed by atoms with E-state index in [1.807, 2.05) is 12.1 Å². The van der Waals surface area contributed by atoms with Crippen LogP contribution in [0.3, 0.4) is 0 Å². The van der Waals surface area contributed by atoms with Crippen LogP contribution in [-0.2, 0) is 6.42 Å². The number of aromatic nitrogens is 1. The Hall–Kier alpha value is -1.95. The second kappa shape index (κ2) is 6.29. The first-order valence-electron chi connectivity index (χ1n) is 5.62.